The zero-order valence-electron chi connectivity index (χ0n) is 9.16. The maximum atomic E-state index is 9.15. The zero-order chi connectivity index (χ0) is 10.7. The topological polar surface area (TPSA) is 32.7 Å². The van der Waals surface area contributed by atoms with Crippen molar-refractivity contribution >= 4 is 0 Å². The van der Waals surface area contributed by atoms with E-state index in [1.165, 1.54) is 5.06 Å². The van der Waals surface area contributed by atoms with Crippen LogP contribution in [0.1, 0.15) is 16.7 Å². The van der Waals surface area contributed by atoms with Gasteiger partial charge < -0.3 is 9.94 Å². The predicted octanol–water partition coefficient (Wildman–Crippen LogP) is 2.13. The van der Waals surface area contributed by atoms with Crippen molar-refractivity contribution in [3.63, 3.8) is 0 Å². The van der Waals surface area contributed by atoms with Gasteiger partial charge in [0.05, 0.1) is 7.11 Å². The van der Waals surface area contributed by atoms with Crippen LogP contribution in [0.5, 0.6) is 5.75 Å². The number of hydrogen-bond acceptors (Lipinski definition) is 3. The minimum absolute atomic E-state index is 0.538. The third-order valence-corrected chi connectivity index (χ3v) is 2.25. The largest absolute Gasteiger partial charge is 0.496 e. The molecule has 1 rings (SSSR count). The van der Waals surface area contributed by atoms with E-state index < -0.39 is 0 Å². The van der Waals surface area contributed by atoms with E-state index in [9.17, 15) is 0 Å². The van der Waals surface area contributed by atoms with Gasteiger partial charge in [0.1, 0.15) is 5.75 Å². The molecule has 0 radical (unpaired) electrons. The summed E-state index contributed by atoms with van der Waals surface area (Å²) in [5.74, 6) is 0.895. The normalized spacial score (nSPS) is 10.7. The quantitative estimate of drug-likeness (QED) is 0.750. The maximum Gasteiger partial charge on any atom is 0.122 e. The average Bonchev–Trinajstić information content (AvgIpc) is 2.10. The molecule has 0 fully saturated rings. The molecule has 3 nitrogen and oxygen atoms in total. The number of nitrogens with zero attached hydrogens (tertiary/aromatic N) is 1. The van der Waals surface area contributed by atoms with Crippen molar-refractivity contribution in [2.75, 3.05) is 14.2 Å². The average molecular weight is 195 g/mol. The number of hydroxylamine groups is 2. The van der Waals surface area contributed by atoms with E-state index in [2.05, 4.69) is 0 Å². The molecule has 0 bridgehead atoms. The molecule has 0 aliphatic rings. The molecule has 1 aromatic rings. The van der Waals surface area contributed by atoms with Crippen molar-refractivity contribution in [2.45, 2.75) is 20.4 Å². The highest BCUT2D eigenvalue weighted by Crippen LogP contribution is 2.22. The van der Waals surface area contributed by atoms with Crippen LogP contribution >= 0.6 is 0 Å². The summed E-state index contributed by atoms with van der Waals surface area (Å²) < 4.78 is 5.21. The summed E-state index contributed by atoms with van der Waals surface area (Å²) >= 11 is 0. The van der Waals surface area contributed by atoms with Gasteiger partial charge >= 0.3 is 0 Å². The Morgan fingerprint density at radius 1 is 1.29 bits per heavy atom. The van der Waals surface area contributed by atoms with Gasteiger partial charge in [0.2, 0.25) is 0 Å². The Labute approximate surface area is 84.9 Å². The van der Waals surface area contributed by atoms with Crippen LogP contribution in [0.25, 0.3) is 0 Å². The van der Waals surface area contributed by atoms with Crippen molar-refractivity contribution in [1.29, 1.82) is 0 Å². The number of rotatable bonds is 3. The molecule has 3 heteroatoms. The molecule has 14 heavy (non-hydrogen) atoms. The van der Waals surface area contributed by atoms with Gasteiger partial charge in [-0.1, -0.05) is 6.07 Å². The summed E-state index contributed by atoms with van der Waals surface area (Å²) in [7, 11) is 3.30. The highest BCUT2D eigenvalue weighted by Gasteiger charge is 2.05. The van der Waals surface area contributed by atoms with Gasteiger partial charge in [-0.15, -0.1) is 0 Å². The Morgan fingerprint density at radius 2 is 1.93 bits per heavy atom. The molecule has 0 amide bonds. The molecule has 0 aromatic heterocycles. The van der Waals surface area contributed by atoms with Crippen molar-refractivity contribution < 1.29 is 9.94 Å². The summed E-state index contributed by atoms with van der Waals surface area (Å²) in [5, 5.41) is 10.3. The zero-order valence-corrected chi connectivity index (χ0v) is 9.16. The summed E-state index contributed by atoms with van der Waals surface area (Å²) in [6.45, 7) is 4.55. The lowest BCUT2D eigenvalue weighted by atomic mass is 10.0. The first-order valence-electron chi connectivity index (χ1n) is 4.58. The summed E-state index contributed by atoms with van der Waals surface area (Å²) in [6.07, 6.45) is 0. The maximum absolute atomic E-state index is 9.15. The fraction of sp³-hybridized carbons (Fsp3) is 0.455. The van der Waals surface area contributed by atoms with Crippen LogP contribution in [0, 0.1) is 13.8 Å². The first-order valence-corrected chi connectivity index (χ1v) is 4.58. The van der Waals surface area contributed by atoms with Gasteiger partial charge in [0, 0.05) is 13.6 Å². The molecule has 0 aliphatic heterocycles. The van der Waals surface area contributed by atoms with Gasteiger partial charge in [0.25, 0.3) is 0 Å². The van der Waals surface area contributed by atoms with E-state index in [-0.39, 0.29) is 0 Å². The van der Waals surface area contributed by atoms with Crippen molar-refractivity contribution in [2.24, 2.45) is 0 Å². The molecular formula is C11H17NO2. The fourth-order valence-electron chi connectivity index (χ4n) is 1.49. The molecule has 0 saturated heterocycles. The smallest absolute Gasteiger partial charge is 0.122 e. The van der Waals surface area contributed by atoms with Gasteiger partial charge in [-0.2, -0.15) is 5.06 Å². The van der Waals surface area contributed by atoms with E-state index in [4.69, 9.17) is 9.94 Å². The van der Waals surface area contributed by atoms with E-state index in [1.807, 2.05) is 26.0 Å². The van der Waals surface area contributed by atoms with Crippen LogP contribution in [-0.2, 0) is 6.54 Å². The molecule has 78 valence electrons. The highest BCUT2D eigenvalue weighted by atomic mass is 16.5. The Hall–Kier alpha value is -1.06. The Balaban J connectivity index is 3.02. The van der Waals surface area contributed by atoms with Crippen LogP contribution in [-0.4, -0.2) is 24.4 Å². The van der Waals surface area contributed by atoms with E-state index in [1.54, 1.807) is 14.2 Å². The third kappa shape index (κ3) is 2.47. The lowest BCUT2D eigenvalue weighted by Gasteiger charge is -2.13. The molecule has 0 atom stereocenters. The van der Waals surface area contributed by atoms with Crippen LogP contribution in [0.3, 0.4) is 0 Å². The summed E-state index contributed by atoms with van der Waals surface area (Å²) in [4.78, 5) is 0. The predicted molar refractivity (Wildman–Crippen MR) is 55.7 cm³/mol. The lowest BCUT2D eigenvalue weighted by Crippen LogP contribution is -2.12. The Bertz CT molecular complexity index is 321. The van der Waals surface area contributed by atoms with E-state index in [0.29, 0.717) is 6.54 Å². The molecule has 1 aromatic carbocycles. The van der Waals surface area contributed by atoms with Crippen LogP contribution in [0.2, 0.25) is 0 Å². The minimum Gasteiger partial charge on any atom is -0.496 e. The Morgan fingerprint density at radius 3 is 2.43 bits per heavy atom. The number of ether oxygens (including phenoxy) is 1. The van der Waals surface area contributed by atoms with Gasteiger partial charge in [-0.05, 0) is 36.6 Å². The Kier molecular flexibility index (Phi) is 3.49. The molecule has 0 heterocycles. The number of aryl methyl sites for hydroxylation is 2. The second-order valence-corrected chi connectivity index (χ2v) is 3.56. The third-order valence-electron chi connectivity index (χ3n) is 2.25. The molecular weight excluding hydrogens is 178 g/mol. The number of benzene rings is 1. The van der Waals surface area contributed by atoms with Crippen LogP contribution in [0.4, 0.5) is 0 Å². The van der Waals surface area contributed by atoms with Gasteiger partial charge in [-0.3, -0.25) is 0 Å². The first kappa shape index (κ1) is 11.0. The van der Waals surface area contributed by atoms with Gasteiger partial charge in [0.15, 0.2) is 0 Å². The van der Waals surface area contributed by atoms with E-state index in [0.717, 1.165) is 22.4 Å². The standard InChI is InChI=1S/C11H17NO2/c1-8-6-11(14-4)9(2)5-10(8)7-12(3)13/h5-6,13H,7H2,1-4H3. The number of methoxy groups -OCH3 is 1. The SMILES string of the molecule is COc1cc(C)c(CN(C)O)cc1C. The first-order chi connectivity index (χ1) is 6.54. The van der Waals surface area contributed by atoms with Crippen LogP contribution < -0.4 is 4.74 Å². The summed E-state index contributed by atoms with van der Waals surface area (Å²) in [5.41, 5.74) is 3.34. The molecule has 1 N–H and O–H groups in total. The lowest BCUT2D eigenvalue weighted by molar-refractivity contribution is -0.0733. The summed E-state index contributed by atoms with van der Waals surface area (Å²) in [6, 6.07) is 4.04. The second kappa shape index (κ2) is 4.44. The molecule has 0 unspecified atom stereocenters. The molecule has 0 spiro atoms. The minimum atomic E-state index is 0.538. The van der Waals surface area contributed by atoms with Crippen molar-refractivity contribution in [3.8, 4) is 5.75 Å². The highest BCUT2D eigenvalue weighted by molar-refractivity contribution is 5.41. The fourth-order valence-corrected chi connectivity index (χ4v) is 1.49. The molecule has 0 aliphatic carbocycles. The second-order valence-electron chi connectivity index (χ2n) is 3.56. The van der Waals surface area contributed by atoms with Gasteiger partial charge in [-0.25, -0.2) is 0 Å². The monoisotopic (exact) mass is 195 g/mol. The van der Waals surface area contributed by atoms with Crippen molar-refractivity contribution in [1.82, 2.24) is 5.06 Å². The van der Waals surface area contributed by atoms with Crippen molar-refractivity contribution in [3.05, 3.63) is 28.8 Å². The van der Waals surface area contributed by atoms with Crippen LogP contribution in [0.15, 0.2) is 12.1 Å². The van der Waals surface area contributed by atoms with E-state index >= 15 is 0 Å². The number of hydrogen-bond donors (Lipinski definition) is 1. The molecule has 0 saturated carbocycles.